The van der Waals surface area contributed by atoms with E-state index in [2.05, 4.69) is 0 Å². The molecule has 0 radical (unpaired) electrons. The first-order valence-corrected chi connectivity index (χ1v) is 6.03. The van der Waals surface area contributed by atoms with Crippen molar-refractivity contribution in [1.29, 1.82) is 0 Å². The van der Waals surface area contributed by atoms with E-state index in [9.17, 15) is 9.90 Å². The van der Waals surface area contributed by atoms with Crippen LogP contribution in [0.15, 0.2) is 42.2 Å². The Kier molecular flexibility index (Phi) is 3.56. The molecular weight excluding hydrogens is 240 g/mol. The Morgan fingerprint density at radius 2 is 1.79 bits per heavy atom. The van der Waals surface area contributed by atoms with Crippen LogP contribution in [0, 0.1) is 0 Å². The number of aliphatic hydroxyl groups is 1. The van der Waals surface area contributed by atoms with Gasteiger partial charge >= 0.3 is 0 Å². The molecule has 3 nitrogen and oxygen atoms in total. The lowest BCUT2D eigenvalue weighted by molar-refractivity contribution is -0.111. The van der Waals surface area contributed by atoms with E-state index in [0.717, 1.165) is 10.8 Å². The summed E-state index contributed by atoms with van der Waals surface area (Å²) in [6, 6.07) is 11.4. The molecule has 0 spiro atoms. The Labute approximate surface area is 112 Å². The molecule has 1 N–H and O–H groups in total. The highest BCUT2D eigenvalue weighted by Gasteiger charge is 2.18. The van der Waals surface area contributed by atoms with Crippen molar-refractivity contribution in [2.45, 2.75) is 13.8 Å². The Morgan fingerprint density at radius 3 is 2.37 bits per heavy atom. The standard InChI is InChI=1S/C16H16O3/c1-10(17)15(11(2)18)16-13-7-5-4-6-12(13)8-9-14(16)19-3/h4-9,17H,1-3H3/b15-10+. The molecule has 0 fully saturated rings. The first-order valence-electron chi connectivity index (χ1n) is 6.03. The number of allylic oxidation sites excluding steroid dienone is 2. The van der Waals surface area contributed by atoms with Crippen molar-refractivity contribution in [2.24, 2.45) is 0 Å². The third kappa shape index (κ3) is 2.32. The molecule has 98 valence electrons. The summed E-state index contributed by atoms with van der Waals surface area (Å²) in [6.45, 7) is 2.95. The van der Waals surface area contributed by atoms with Crippen molar-refractivity contribution in [3.63, 3.8) is 0 Å². The number of Topliss-reactive ketones (excluding diaryl/α,β-unsaturated/α-hetero) is 1. The van der Waals surface area contributed by atoms with Gasteiger partial charge in [-0.25, -0.2) is 0 Å². The van der Waals surface area contributed by atoms with Crippen LogP contribution in [0.2, 0.25) is 0 Å². The fourth-order valence-electron chi connectivity index (χ4n) is 2.29. The molecule has 0 amide bonds. The molecule has 0 unspecified atom stereocenters. The van der Waals surface area contributed by atoms with Crippen LogP contribution in [-0.2, 0) is 4.79 Å². The summed E-state index contributed by atoms with van der Waals surface area (Å²) in [6.07, 6.45) is 0. The number of hydrogen-bond donors (Lipinski definition) is 1. The van der Waals surface area contributed by atoms with Crippen molar-refractivity contribution >= 4 is 22.1 Å². The van der Waals surface area contributed by atoms with Crippen molar-refractivity contribution in [3.05, 3.63) is 47.7 Å². The van der Waals surface area contributed by atoms with Gasteiger partial charge in [-0.1, -0.05) is 30.3 Å². The minimum atomic E-state index is -0.186. The quantitative estimate of drug-likeness (QED) is 0.672. The Morgan fingerprint density at radius 1 is 1.11 bits per heavy atom. The maximum absolute atomic E-state index is 11.8. The monoisotopic (exact) mass is 256 g/mol. The van der Waals surface area contributed by atoms with E-state index in [1.807, 2.05) is 36.4 Å². The number of methoxy groups -OCH3 is 1. The molecule has 0 aliphatic heterocycles. The van der Waals surface area contributed by atoms with E-state index in [4.69, 9.17) is 4.74 Å². The maximum Gasteiger partial charge on any atom is 0.163 e. The number of carbonyl (C=O) groups excluding carboxylic acids is 1. The average Bonchev–Trinajstić information content (AvgIpc) is 2.38. The second-order valence-corrected chi connectivity index (χ2v) is 4.38. The summed E-state index contributed by atoms with van der Waals surface area (Å²) < 4.78 is 5.34. The minimum absolute atomic E-state index is 0.00199. The molecule has 0 atom stereocenters. The highest BCUT2D eigenvalue weighted by Crippen LogP contribution is 2.35. The molecular formula is C16H16O3. The van der Waals surface area contributed by atoms with Gasteiger partial charge in [-0.3, -0.25) is 4.79 Å². The summed E-state index contributed by atoms with van der Waals surface area (Å²) in [5.74, 6) is 0.397. The third-order valence-corrected chi connectivity index (χ3v) is 3.07. The van der Waals surface area contributed by atoms with Gasteiger partial charge in [-0.15, -0.1) is 0 Å². The van der Waals surface area contributed by atoms with E-state index in [1.54, 1.807) is 7.11 Å². The van der Waals surface area contributed by atoms with Gasteiger partial charge < -0.3 is 9.84 Å². The molecule has 3 heteroatoms. The average molecular weight is 256 g/mol. The van der Waals surface area contributed by atoms with Crippen molar-refractivity contribution in [1.82, 2.24) is 0 Å². The van der Waals surface area contributed by atoms with Crippen LogP contribution in [0.5, 0.6) is 5.75 Å². The second kappa shape index (κ2) is 5.14. The summed E-state index contributed by atoms with van der Waals surface area (Å²) >= 11 is 0. The van der Waals surface area contributed by atoms with Gasteiger partial charge in [0, 0.05) is 5.56 Å². The van der Waals surface area contributed by atoms with Gasteiger partial charge in [0.15, 0.2) is 5.78 Å². The maximum atomic E-state index is 11.8. The summed E-state index contributed by atoms with van der Waals surface area (Å²) in [7, 11) is 1.55. The molecule has 19 heavy (non-hydrogen) atoms. The van der Waals surface area contributed by atoms with E-state index < -0.39 is 0 Å². The highest BCUT2D eigenvalue weighted by atomic mass is 16.5. The van der Waals surface area contributed by atoms with Crippen LogP contribution in [-0.4, -0.2) is 18.0 Å². The van der Waals surface area contributed by atoms with Crippen LogP contribution in [0.3, 0.4) is 0 Å². The lowest BCUT2D eigenvalue weighted by Crippen LogP contribution is -2.03. The number of benzene rings is 2. The number of ketones is 1. The molecule has 0 saturated heterocycles. The second-order valence-electron chi connectivity index (χ2n) is 4.38. The third-order valence-electron chi connectivity index (χ3n) is 3.07. The van der Waals surface area contributed by atoms with Gasteiger partial charge in [-0.2, -0.15) is 0 Å². The lowest BCUT2D eigenvalue weighted by Gasteiger charge is -2.14. The molecule has 0 aliphatic carbocycles. The van der Waals surface area contributed by atoms with Crippen LogP contribution in [0.1, 0.15) is 19.4 Å². The predicted molar refractivity (Wildman–Crippen MR) is 76.4 cm³/mol. The predicted octanol–water partition coefficient (Wildman–Crippen LogP) is 3.73. The number of rotatable bonds is 3. The van der Waals surface area contributed by atoms with Crippen LogP contribution in [0.4, 0.5) is 0 Å². The summed E-state index contributed by atoms with van der Waals surface area (Å²) in [5, 5.41) is 11.7. The topological polar surface area (TPSA) is 46.5 Å². The van der Waals surface area contributed by atoms with Gasteiger partial charge in [-0.05, 0) is 30.7 Å². The minimum Gasteiger partial charge on any atom is -0.512 e. The first-order chi connectivity index (χ1) is 9.06. The first kappa shape index (κ1) is 13.1. The Bertz CT molecular complexity index is 665. The zero-order valence-corrected chi connectivity index (χ0v) is 11.2. The summed E-state index contributed by atoms with van der Waals surface area (Å²) in [4.78, 5) is 11.8. The molecule has 0 saturated carbocycles. The molecule has 0 bridgehead atoms. The molecule has 0 aromatic heterocycles. The van der Waals surface area contributed by atoms with E-state index in [1.165, 1.54) is 13.8 Å². The molecule has 0 heterocycles. The number of fused-ring (bicyclic) bond motifs is 1. The zero-order valence-electron chi connectivity index (χ0n) is 11.2. The lowest BCUT2D eigenvalue weighted by atomic mass is 9.94. The number of carbonyl (C=O) groups is 1. The largest absolute Gasteiger partial charge is 0.512 e. The molecule has 2 aromatic carbocycles. The Balaban J connectivity index is 2.90. The SMILES string of the molecule is COc1ccc2ccccc2c1/C(C(C)=O)=C(\C)O. The van der Waals surface area contributed by atoms with Crippen molar-refractivity contribution in [3.8, 4) is 5.75 Å². The van der Waals surface area contributed by atoms with Crippen LogP contribution in [0.25, 0.3) is 16.3 Å². The fraction of sp³-hybridized carbons (Fsp3) is 0.188. The fourth-order valence-corrected chi connectivity index (χ4v) is 2.29. The summed E-state index contributed by atoms with van der Waals surface area (Å²) in [5.41, 5.74) is 0.946. The molecule has 2 aromatic rings. The normalized spacial score (nSPS) is 12.2. The van der Waals surface area contributed by atoms with Gasteiger partial charge in [0.2, 0.25) is 0 Å². The molecule has 0 aliphatic rings. The van der Waals surface area contributed by atoms with Gasteiger partial charge in [0.25, 0.3) is 0 Å². The Hall–Kier alpha value is -2.29. The number of hydrogen-bond acceptors (Lipinski definition) is 3. The molecule has 2 rings (SSSR count). The highest BCUT2D eigenvalue weighted by molar-refractivity contribution is 6.24. The van der Waals surface area contributed by atoms with Gasteiger partial charge in [0.1, 0.15) is 11.5 Å². The van der Waals surface area contributed by atoms with Crippen molar-refractivity contribution in [2.75, 3.05) is 7.11 Å². The van der Waals surface area contributed by atoms with Crippen LogP contribution >= 0.6 is 0 Å². The van der Waals surface area contributed by atoms with E-state index in [0.29, 0.717) is 16.9 Å². The smallest absolute Gasteiger partial charge is 0.163 e. The van der Waals surface area contributed by atoms with Crippen LogP contribution < -0.4 is 4.74 Å². The number of aliphatic hydroxyl groups excluding tert-OH is 1. The van der Waals surface area contributed by atoms with Crippen molar-refractivity contribution < 1.29 is 14.6 Å². The van der Waals surface area contributed by atoms with E-state index >= 15 is 0 Å². The van der Waals surface area contributed by atoms with Gasteiger partial charge in [0.05, 0.1) is 12.7 Å². The van der Waals surface area contributed by atoms with E-state index in [-0.39, 0.29) is 11.5 Å². The number of ether oxygens (including phenoxy) is 1. The zero-order chi connectivity index (χ0) is 14.0.